The minimum atomic E-state index is -0.427. The number of benzene rings is 2. The molecule has 4 rings (SSSR count). The first-order chi connectivity index (χ1) is 14.0. The molecular formula is C22H21N3O3S. The van der Waals surface area contributed by atoms with Crippen LogP contribution in [-0.2, 0) is 20.7 Å². The molecule has 0 aliphatic carbocycles. The van der Waals surface area contributed by atoms with Gasteiger partial charge in [-0.15, -0.1) is 11.3 Å². The smallest absolute Gasteiger partial charge is 0.310 e. The summed E-state index contributed by atoms with van der Waals surface area (Å²) >= 11 is 1.56. The van der Waals surface area contributed by atoms with Crippen molar-refractivity contribution in [1.29, 1.82) is 0 Å². The average Bonchev–Trinajstić information content (AvgIpc) is 3.35. The number of amides is 1. The van der Waals surface area contributed by atoms with Gasteiger partial charge in [0.25, 0.3) is 5.91 Å². The van der Waals surface area contributed by atoms with Crippen molar-refractivity contribution in [1.82, 2.24) is 14.9 Å². The van der Waals surface area contributed by atoms with E-state index in [0.29, 0.717) is 0 Å². The zero-order chi connectivity index (χ0) is 20.4. The molecule has 2 aromatic heterocycles. The number of rotatable bonds is 6. The molecule has 0 bridgehead atoms. The minimum absolute atomic E-state index is 0.119. The van der Waals surface area contributed by atoms with Crippen LogP contribution < -0.4 is 0 Å². The number of esters is 1. The number of likely N-dealkylation sites (N-methyl/N-ethyl adjacent to an activating group) is 1. The van der Waals surface area contributed by atoms with E-state index in [0.717, 1.165) is 31.7 Å². The van der Waals surface area contributed by atoms with Crippen LogP contribution in [0.2, 0.25) is 0 Å². The number of carbonyl (C=O) groups excluding carboxylic acids is 2. The Morgan fingerprint density at radius 3 is 2.76 bits per heavy atom. The predicted octanol–water partition coefficient (Wildman–Crippen LogP) is 4.08. The first-order valence-corrected chi connectivity index (χ1v) is 10.2. The van der Waals surface area contributed by atoms with Gasteiger partial charge in [-0.25, -0.2) is 4.98 Å². The molecule has 29 heavy (non-hydrogen) atoms. The van der Waals surface area contributed by atoms with Crippen molar-refractivity contribution in [2.75, 3.05) is 13.7 Å². The highest BCUT2D eigenvalue weighted by atomic mass is 32.1. The summed E-state index contributed by atoms with van der Waals surface area (Å²) in [7, 11) is 1.70. The molecule has 0 unspecified atom stereocenters. The van der Waals surface area contributed by atoms with Gasteiger partial charge in [0.2, 0.25) is 0 Å². The van der Waals surface area contributed by atoms with Gasteiger partial charge in [-0.1, -0.05) is 30.3 Å². The number of fused-ring (bicyclic) bond motifs is 2. The second kappa shape index (κ2) is 8.05. The Kier molecular flexibility index (Phi) is 5.31. The van der Waals surface area contributed by atoms with Gasteiger partial charge in [-0.05, 0) is 30.7 Å². The lowest BCUT2D eigenvalue weighted by molar-refractivity contribution is -0.151. The molecule has 148 valence electrons. The number of thiazole rings is 1. The summed E-state index contributed by atoms with van der Waals surface area (Å²) in [5.41, 5.74) is 2.75. The highest BCUT2D eigenvalue weighted by Gasteiger charge is 2.22. The lowest BCUT2D eigenvalue weighted by Gasteiger charge is -2.23. The summed E-state index contributed by atoms with van der Waals surface area (Å²) in [5, 5.41) is 1.84. The van der Waals surface area contributed by atoms with Gasteiger partial charge in [0.15, 0.2) is 6.61 Å². The molecule has 7 heteroatoms. The summed E-state index contributed by atoms with van der Waals surface area (Å²) < 4.78 is 6.31. The van der Waals surface area contributed by atoms with Crippen LogP contribution in [0.4, 0.5) is 0 Å². The third-order valence-electron chi connectivity index (χ3n) is 5.01. The fourth-order valence-corrected chi connectivity index (χ4v) is 4.24. The van der Waals surface area contributed by atoms with E-state index in [-0.39, 0.29) is 25.0 Å². The van der Waals surface area contributed by atoms with Crippen molar-refractivity contribution in [3.8, 4) is 0 Å². The number of hydrogen-bond donors (Lipinski definition) is 1. The number of carbonyl (C=O) groups is 2. The third-order valence-corrected chi connectivity index (χ3v) is 6.22. The molecule has 0 radical (unpaired) electrons. The molecule has 0 fully saturated rings. The summed E-state index contributed by atoms with van der Waals surface area (Å²) in [4.78, 5) is 34.0. The molecule has 1 amide bonds. The predicted molar refractivity (Wildman–Crippen MR) is 114 cm³/mol. The van der Waals surface area contributed by atoms with Gasteiger partial charge >= 0.3 is 5.97 Å². The van der Waals surface area contributed by atoms with Gasteiger partial charge in [0, 0.05) is 24.1 Å². The maximum atomic E-state index is 12.5. The van der Waals surface area contributed by atoms with Crippen molar-refractivity contribution in [2.45, 2.75) is 19.4 Å². The van der Waals surface area contributed by atoms with Crippen LogP contribution in [0, 0.1) is 0 Å². The molecule has 0 aliphatic heterocycles. The van der Waals surface area contributed by atoms with Gasteiger partial charge in [0.1, 0.15) is 5.01 Å². The van der Waals surface area contributed by atoms with Crippen molar-refractivity contribution < 1.29 is 14.3 Å². The standard InChI is InChI=1S/C22H21N3O3S/c1-14(22-24-18-9-5-6-10-19(18)29-22)25(2)20(26)13-28-21(27)11-15-12-23-17-8-4-3-7-16(15)17/h3-10,12,14,23H,11,13H2,1-2H3/t14-/m0/s1. The minimum Gasteiger partial charge on any atom is -0.455 e. The summed E-state index contributed by atoms with van der Waals surface area (Å²) in [6.07, 6.45) is 1.92. The van der Waals surface area contributed by atoms with Crippen LogP contribution in [0.3, 0.4) is 0 Å². The zero-order valence-electron chi connectivity index (χ0n) is 16.2. The Labute approximate surface area is 172 Å². The fourth-order valence-electron chi connectivity index (χ4n) is 3.18. The van der Waals surface area contributed by atoms with Crippen molar-refractivity contribution >= 4 is 44.3 Å². The number of H-pyrrole nitrogens is 1. The molecule has 0 saturated heterocycles. The molecule has 2 aromatic carbocycles. The van der Waals surface area contributed by atoms with E-state index >= 15 is 0 Å². The van der Waals surface area contributed by atoms with Gasteiger partial charge in [-0.3, -0.25) is 9.59 Å². The second-order valence-corrected chi connectivity index (χ2v) is 7.96. The van der Waals surface area contributed by atoms with Gasteiger partial charge in [0.05, 0.1) is 22.7 Å². The first kappa shape index (κ1) is 19.1. The Hall–Kier alpha value is -3.19. The van der Waals surface area contributed by atoms with Crippen LogP contribution in [0.1, 0.15) is 23.5 Å². The highest BCUT2D eigenvalue weighted by Crippen LogP contribution is 2.28. The lowest BCUT2D eigenvalue weighted by atomic mass is 10.1. The van der Waals surface area contributed by atoms with Crippen LogP contribution in [0.15, 0.2) is 54.7 Å². The molecule has 1 atom stereocenters. The van der Waals surface area contributed by atoms with E-state index in [1.165, 1.54) is 0 Å². The summed E-state index contributed by atoms with van der Waals surface area (Å²) in [5.74, 6) is -0.687. The van der Waals surface area contributed by atoms with E-state index in [9.17, 15) is 9.59 Å². The normalized spacial score (nSPS) is 12.2. The highest BCUT2D eigenvalue weighted by molar-refractivity contribution is 7.18. The number of aromatic nitrogens is 2. The Morgan fingerprint density at radius 1 is 1.17 bits per heavy atom. The number of nitrogens with one attached hydrogen (secondary N) is 1. The second-order valence-electron chi connectivity index (χ2n) is 6.90. The van der Waals surface area contributed by atoms with Crippen LogP contribution in [-0.4, -0.2) is 40.4 Å². The number of para-hydroxylation sites is 2. The maximum Gasteiger partial charge on any atom is 0.310 e. The topological polar surface area (TPSA) is 75.3 Å². The van der Waals surface area contributed by atoms with Crippen molar-refractivity contribution in [2.24, 2.45) is 0 Å². The van der Waals surface area contributed by atoms with Crippen LogP contribution >= 0.6 is 11.3 Å². The van der Waals surface area contributed by atoms with E-state index in [1.807, 2.05) is 55.5 Å². The largest absolute Gasteiger partial charge is 0.455 e. The first-order valence-electron chi connectivity index (χ1n) is 9.34. The SMILES string of the molecule is C[C@@H](c1nc2ccccc2s1)N(C)C(=O)COC(=O)Cc1c[nH]c2ccccc12. The Morgan fingerprint density at radius 2 is 1.93 bits per heavy atom. The zero-order valence-corrected chi connectivity index (χ0v) is 17.0. The Balaban J connectivity index is 1.35. The van der Waals surface area contributed by atoms with E-state index in [1.54, 1.807) is 29.5 Å². The van der Waals surface area contributed by atoms with Crippen LogP contribution in [0.25, 0.3) is 21.1 Å². The molecule has 0 aliphatic rings. The lowest BCUT2D eigenvalue weighted by Crippen LogP contribution is -2.33. The van der Waals surface area contributed by atoms with Crippen molar-refractivity contribution in [3.63, 3.8) is 0 Å². The third kappa shape index (κ3) is 4.00. The van der Waals surface area contributed by atoms with E-state index in [2.05, 4.69) is 9.97 Å². The Bertz CT molecular complexity index is 1150. The van der Waals surface area contributed by atoms with Gasteiger partial charge in [-0.2, -0.15) is 0 Å². The maximum absolute atomic E-state index is 12.5. The van der Waals surface area contributed by atoms with Crippen molar-refractivity contribution in [3.05, 3.63) is 65.3 Å². The summed E-state index contributed by atoms with van der Waals surface area (Å²) in [6, 6.07) is 15.4. The van der Waals surface area contributed by atoms with E-state index in [4.69, 9.17) is 4.74 Å². The average molecular weight is 407 g/mol. The molecule has 4 aromatic rings. The molecular weight excluding hydrogens is 386 g/mol. The van der Waals surface area contributed by atoms with Gasteiger partial charge < -0.3 is 14.6 Å². The summed E-state index contributed by atoms with van der Waals surface area (Å²) in [6.45, 7) is 1.64. The fraction of sp³-hybridized carbons (Fsp3) is 0.227. The molecule has 6 nitrogen and oxygen atoms in total. The number of hydrogen-bond acceptors (Lipinski definition) is 5. The number of nitrogens with zero attached hydrogens (tertiary/aromatic N) is 2. The number of aromatic amines is 1. The van der Waals surface area contributed by atoms with Crippen LogP contribution in [0.5, 0.6) is 0 Å². The number of ether oxygens (including phenoxy) is 1. The monoisotopic (exact) mass is 407 g/mol. The molecule has 2 heterocycles. The van der Waals surface area contributed by atoms with E-state index < -0.39 is 5.97 Å². The molecule has 0 spiro atoms. The quantitative estimate of drug-likeness (QED) is 0.489. The molecule has 0 saturated carbocycles. The molecule has 1 N–H and O–H groups in total.